The van der Waals surface area contributed by atoms with Gasteiger partial charge in [0.2, 0.25) is 10.0 Å². The van der Waals surface area contributed by atoms with Gasteiger partial charge >= 0.3 is 0 Å². The molecule has 6 nitrogen and oxygen atoms in total. The largest absolute Gasteiger partial charge is 0.368 e. The van der Waals surface area contributed by atoms with Gasteiger partial charge in [0.15, 0.2) is 0 Å². The molecule has 1 aliphatic rings. The Morgan fingerprint density at radius 3 is 2.31 bits per heavy atom. The minimum Gasteiger partial charge on any atom is -0.368 e. The van der Waals surface area contributed by atoms with Crippen molar-refractivity contribution in [1.29, 1.82) is 0 Å². The molecule has 3 aromatic rings. The molecule has 2 aromatic carbocycles. The number of benzene rings is 2. The van der Waals surface area contributed by atoms with Crippen LogP contribution in [0.3, 0.4) is 0 Å². The van der Waals surface area contributed by atoms with Gasteiger partial charge < -0.3 is 9.80 Å². The van der Waals surface area contributed by atoms with E-state index < -0.39 is 10.0 Å². The van der Waals surface area contributed by atoms with Crippen molar-refractivity contribution in [2.45, 2.75) is 25.3 Å². The number of piperazine rings is 1. The van der Waals surface area contributed by atoms with Gasteiger partial charge in [0.05, 0.1) is 4.90 Å². The van der Waals surface area contributed by atoms with Crippen LogP contribution in [0, 0.1) is 19.7 Å². The molecule has 1 fully saturated rings. The minimum absolute atomic E-state index is 0.195. The molecule has 1 aromatic heterocycles. The average molecular weight is 455 g/mol. The summed E-state index contributed by atoms with van der Waals surface area (Å²) in [5, 5.41) is 0. The molecule has 4 rings (SSSR count). The second kappa shape index (κ2) is 9.26. The summed E-state index contributed by atoms with van der Waals surface area (Å²) in [6.45, 7) is 7.10. The zero-order valence-electron chi connectivity index (χ0n) is 18.3. The Morgan fingerprint density at radius 1 is 0.938 bits per heavy atom. The number of aromatic nitrogens is 1. The van der Waals surface area contributed by atoms with Crippen LogP contribution >= 0.6 is 0 Å². The minimum atomic E-state index is -3.60. The lowest BCUT2D eigenvalue weighted by Gasteiger charge is -2.36. The first kappa shape index (κ1) is 22.2. The SMILES string of the molecule is Cc1ccc(S(=O)(=O)NCc2ccnc(N3CCN(c4ccc(F)cc4)CC3)c2)c(C)c1. The highest BCUT2D eigenvalue weighted by Gasteiger charge is 2.20. The van der Waals surface area contributed by atoms with Crippen LogP contribution < -0.4 is 14.5 Å². The van der Waals surface area contributed by atoms with E-state index in [9.17, 15) is 12.8 Å². The van der Waals surface area contributed by atoms with E-state index in [4.69, 9.17) is 0 Å². The number of hydrogen-bond donors (Lipinski definition) is 1. The molecule has 2 heterocycles. The molecular weight excluding hydrogens is 427 g/mol. The number of pyridine rings is 1. The molecular formula is C24H27FN4O2S. The second-order valence-electron chi connectivity index (χ2n) is 8.07. The first-order chi connectivity index (χ1) is 15.3. The topological polar surface area (TPSA) is 65.5 Å². The standard InChI is InChI=1S/C24H27FN4O2S/c1-18-3-8-23(19(2)15-18)32(30,31)27-17-20-9-10-26-24(16-20)29-13-11-28(12-14-29)22-6-4-21(25)5-7-22/h3-10,15-16,27H,11-14,17H2,1-2H3. The molecule has 0 unspecified atom stereocenters. The van der Waals surface area contributed by atoms with Crippen molar-refractivity contribution < 1.29 is 12.8 Å². The third-order valence-electron chi connectivity index (χ3n) is 5.69. The van der Waals surface area contributed by atoms with Gasteiger partial charge in [-0.1, -0.05) is 17.7 Å². The molecule has 0 amide bonds. The first-order valence-corrected chi connectivity index (χ1v) is 12.1. The second-order valence-corrected chi connectivity index (χ2v) is 9.80. The average Bonchev–Trinajstić information content (AvgIpc) is 2.78. The summed E-state index contributed by atoms with van der Waals surface area (Å²) in [6, 6.07) is 15.6. The zero-order chi connectivity index (χ0) is 22.7. The number of halogens is 1. The van der Waals surface area contributed by atoms with E-state index in [1.54, 1.807) is 37.4 Å². The normalized spacial score (nSPS) is 14.6. The number of anilines is 2. The van der Waals surface area contributed by atoms with Gasteiger partial charge in [-0.3, -0.25) is 0 Å². The Morgan fingerprint density at radius 2 is 1.62 bits per heavy atom. The van der Waals surface area contributed by atoms with Crippen molar-refractivity contribution in [3.8, 4) is 0 Å². The van der Waals surface area contributed by atoms with Crippen molar-refractivity contribution in [2.75, 3.05) is 36.0 Å². The van der Waals surface area contributed by atoms with Crippen molar-refractivity contribution >= 4 is 21.5 Å². The van der Waals surface area contributed by atoms with Crippen molar-refractivity contribution in [2.24, 2.45) is 0 Å². The highest BCUT2D eigenvalue weighted by atomic mass is 32.2. The Balaban J connectivity index is 1.39. The van der Waals surface area contributed by atoms with Gasteiger partial charge in [-0.15, -0.1) is 0 Å². The maximum Gasteiger partial charge on any atom is 0.241 e. The number of rotatable bonds is 6. The smallest absolute Gasteiger partial charge is 0.241 e. The van der Waals surface area contributed by atoms with Crippen LogP contribution in [0.15, 0.2) is 65.7 Å². The molecule has 168 valence electrons. The summed E-state index contributed by atoms with van der Waals surface area (Å²) < 4.78 is 41.4. The summed E-state index contributed by atoms with van der Waals surface area (Å²) in [4.78, 5) is 9.18. The third kappa shape index (κ3) is 5.08. The van der Waals surface area contributed by atoms with Gasteiger partial charge in [0.25, 0.3) is 0 Å². The highest BCUT2D eigenvalue weighted by molar-refractivity contribution is 7.89. The predicted molar refractivity (Wildman–Crippen MR) is 125 cm³/mol. The van der Waals surface area contributed by atoms with E-state index in [2.05, 4.69) is 19.5 Å². The molecule has 0 saturated carbocycles. The Bertz CT molecular complexity index is 1190. The van der Waals surface area contributed by atoms with Crippen LogP contribution in [-0.4, -0.2) is 39.6 Å². The number of hydrogen-bond acceptors (Lipinski definition) is 5. The molecule has 1 aliphatic heterocycles. The maximum absolute atomic E-state index is 13.2. The molecule has 0 radical (unpaired) electrons. The van der Waals surface area contributed by atoms with E-state index in [0.717, 1.165) is 54.4 Å². The highest BCUT2D eigenvalue weighted by Crippen LogP contribution is 2.21. The fourth-order valence-electron chi connectivity index (χ4n) is 3.95. The molecule has 0 spiro atoms. The fourth-order valence-corrected chi connectivity index (χ4v) is 5.19. The van der Waals surface area contributed by atoms with Crippen molar-refractivity contribution in [1.82, 2.24) is 9.71 Å². The summed E-state index contributed by atoms with van der Waals surface area (Å²) in [5.74, 6) is 0.591. The maximum atomic E-state index is 13.2. The molecule has 32 heavy (non-hydrogen) atoms. The molecule has 8 heteroatoms. The summed E-state index contributed by atoms with van der Waals surface area (Å²) in [6.07, 6.45) is 1.71. The molecule has 1 N–H and O–H groups in total. The van der Waals surface area contributed by atoms with Gasteiger partial charge in [0.1, 0.15) is 11.6 Å². The van der Waals surface area contributed by atoms with Gasteiger partial charge in [-0.2, -0.15) is 0 Å². The quantitative estimate of drug-likeness (QED) is 0.616. The van der Waals surface area contributed by atoms with Crippen LogP contribution in [0.1, 0.15) is 16.7 Å². The van der Waals surface area contributed by atoms with Crippen LogP contribution in [0.25, 0.3) is 0 Å². The van der Waals surface area contributed by atoms with E-state index in [0.29, 0.717) is 4.90 Å². The molecule has 0 aliphatic carbocycles. The Kier molecular flexibility index (Phi) is 6.43. The van der Waals surface area contributed by atoms with E-state index in [1.807, 2.05) is 25.1 Å². The Labute approximate surface area is 188 Å². The van der Waals surface area contributed by atoms with E-state index in [1.165, 1.54) is 12.1 Å². The molecule has 0 bridgehead atoms. The molecule has 1 saturated heterocycles. The van der Waals surface area contributed by atoms with Crippen LogP contribution in [0.2, 0.25) is 0 Å². The zero-order valence-corrected chi connectivity index (χ0v) is 19.1. The van der Waals surface area contributed by atoms with Crippen LogP contribution in [0.4, 0.5) is 15.9 Å². The summed E-state index contributed by atoms with van der Waals surface area (Å²) >= 11 is 0. The fraction of sp³-hybridized carbons (Fsp3) is 0.292. The molecule has 0 atom stereocenters. The number of sulfonamides is 1. The summed E-state index contributed by atoms with van der Waals surface area (Å²) in [5.41, 5.74) is 3.62. The predicted octanol–water partition coefficient (Wildman–Crippen LogP) is 3.64. The van der Waals surface area contributed by atoms with Gasteiger partial charge in [-0.05, 0) is 67.4 Å². The number of nitrogens with zero attached hydrogens (tertiary/aromatic N) is 3. The van der Waals surface area contributed by atoms with Crippen molar-refractivity contribution in [3.05, 3.63) is 83.3 Å². The number of nitrogens with one attached hydrogen (secondary N) is 1. The number of aryl methyl sites for hydroxylation is 2. The lowest BCUT2D eigenvalue weighted by atomic mass is 10.2. The summed E-state index contributed by atoms with van der Waals surface area (Å²) in [7, 11) is -3.60. The van der Waals surface area contributed by atoms with E-state index >= 15 is 0 Å². The monoisotopic (exact) mass is 454 g/mol. The van der Waals surface area contributed by atoms with Gasteiger partial charge in [-0.25, -0.2) is 22.5 Å². The first-order valence-electron chi connectivity index (χ1n) is 10.6. The lowest BCUT2D eigenvalue weighted by molar-refractivity contribution is 0.580. The lowest BCUT2D eigenvalue weighted by Crippen LogP contribution is -2.46. The third-order valence-corrected chi connectivity index (χ3v) is 7.25. The van der Waals surface area contributed by atoms with Crippen LogP contribution in [-0.2, 0) is 16.6 Å². The van der Waals surface area contributed by atoms with Crippen LogP contribution in [0.5, 0.6) is 0 Å². The Hall–Kier alpha value is -2.97. The van der Waals surface area contributed by atoms with Crippen molar-refractivity contribution in [3.63, 3.8) is 0 Å². The van der Waals surface area contributed by atoms with Gasteiger partial charge in [0, 0.05) is 44.6 Å². The van der Waals surface area contributed by atoms with E-state index in [-0.39, 0.29) is 12.4 Å².